The second-order valence-corrected chi connectivity index (χ2v) is 9.29. The molecular formula is O3SbSe-3. The molecule has 32 valence electrons. The molecule has 0 rings (SSSR count). The summed E-state index contributed by atoms with van der Waals surface area (Å²) in [6, 6.07) is 0. The van der Waals surface area contributed by atoms with Gasteiger partial charge >= 0.3 is 39.4 Å². The fraction of sp³-hybridized carbons (Fsp3) is 0. The molecule has 0 saturated heterocycles. The molecule has 0 amide bonds. The predicted molar refractivity (Wildman–Crippen MR) is 11.5 cm³/mol. The summed E-state index contributed by atoms with van der Waals surface area (Å²) >= 11 is -3.46. The number of hydrogen-bond acceptors (Lipinski definition) is 3. The Labute approximate surface area is 39.5 Å². The summed E-state index contributed by atoms with van der Waals surface area (Å²) in [5, 5.41) is 0. The van der Waals surface area contributed by atoms with Crippen molar-refractivity contribution in [3.05, 3.63) is 0 Å². The van der Waals surface area contributed by atoms with Crippen LogP contribution in [-0.2, 0) is 0 Å². The topological polar surface area (TPSA) is 69.2 Å². The summed E-state index contributed by atoms with van der Waals surface area (Å²) in [5.74, 6) is 0. The molecule has 0 aliphatic rings. The van der Waals surface area contributed by atoms with Gasteiger partial charge in [0.25, 0.3) is 0 Å². The van der Waals surface area contributed by atoms with E-state index in [9.17, 15) is 0 Å². The van der Waals surface area contributed by atoms with E-state index in [1.165, 1.54) is 12.1 Å². The Bertz CT molecular complexity index is 53.0. The zero-order valence-electron chi connectivity index (χ0n) is 2.08. The van der Waals surface area contributed by atoms with Crippen molar-refractivity contribution in [1.29, 1.82) is 0 Å². The molecule has 0 heterocycles. The van der Waals surface area contributed by atoms with Crippen molar-refractivity contribution >= 4 is 29.3 Å². The standard InChI is InChI=1S/3O.Sb.Se/q3*-1;;. The molecule has 0 radical (unpaired) electrons. The van der Waals surface area contributed by atoms with Crippen molar-refractivity contribution in [2.45, 2.75) is 0 Å². The first-order valence-corrected chi connectivity index (χ1v) is 10.0. The van der Waals surface area contributed by atoms with Crippen LogP contribution in [0, 0.1) is 0 Å². The molecule has 3 nitrogen and oxygen atoms in total. The zero-order chi connectivity index (χ0) is 4.50. The van der Waals surface area contributed by atoms with Gasteiger partial charge in [0.1, 0.15) is 0 Å². The van der Waals surface area contributed by atoms with E-state index in [-0.39, 0.29) is 0 Å². The number of hydrogen-bond donors (Lipinski definition) is 0. The van der Waals surface area contributed by atoms with Crippen LogP contribution in [0.3, 0.4) is 0 Å². The van der Waals surface area contributed by atoms with Crippen LogP contribution in [0.25, 0.3) is 0 Å². The summed E-state index contributed by atoms with van der Waals surface area (Å²) in [4.78, 5) is 0. The maximum absolute atomic E-state index is 9.14. The summed E-state index contributed by atoms with van der Waals surface area (Å²) in [6.07, 6.45) is 0. The zero-order valence-corrected chi connectivity index (χ0v) is 6.35. The quantitative estimate of drug-likeness (QED) is 0.407. The van der Waals surface area contributed by atoms with Crippen molar-refractivity contribution in [3.63, 3.8) is 0 Å². The average Bonchev–Trinajstić information content (AvgIpc) is 0.722. The van der Waals surface area contributed by atoms with Gasteiger partial charge in [-0.25, -0.2) is 0 Å². The second-order valence-electron chi connectivity index (χ2n) is 0.447. The molecule has 0 aromatic carbocycles. The van der Waals surface area contributed by atoms with Gasteiger partial charge in [-0.1, -0.05) is 0 Å². The van der Waals surface area contributed by atoms with Crippen LogP contribution in [0.1, 0.15) is 0 Å². The normalized spacial score (nSPS) is 11.8. The van der Waals surface area contributed by atoms with Crippen LogP contribution in [0.4, 0.5) is 0 Å². The SMILES string of the molecule is [O-][Sb]([O-])([O-])=[Se]. The monoisotopic (exact) mass is 249 g/mol. The molecule has 5 heteroatoms. The predicted octanol–water partition coefficient (Wildman–Crippen LogP) is -4.33. The van der Waals surface area contributed by atoms with Gasteiger partial charge in [0.2, 0.25) is 0 Å². The van der Waals surface area contributed by atoms with E-state index < -0.39 is 17.2 Å². The summed E-state index contributed by atoms with van der Waals surface area (Å²) in [6.45, 7) is 0. The minimum absolute atomic E-state index is 1.51. The van der Waals surface area contributed by atoms with Crippen LogP contribution in [0.2, 0.25) is 0 Å². The van der Waals surface area contributed by atoms with E-state index in [4.69, 9.17) is 10.2 Å². The third kappa shape index (κ3) is 36.4. The molecule has 0 spiro atoms. The molecule has 0 aromatic rings. The second kappa shape index (κ2) is 1.78. The Morgan fingerprint density at radius 1 is 1.20 bits per heavy atom. The Kier molecular flexibility index (Phi) is 2.22. The summed E-state index contributed by atoms with van der Waals surface area (Å²) in [5.41, 5.74) is 0. The first-order chi connectivity index (χ1) is 2.00. The van der Waals surface area contributed by atoms with Crippen LogP contribution < -0.4 is 10.2 Å². The molecule has 0 bridgehead atoms. The van der Waals surface area contributed by atoms with Gasteiger partial charge in [-0.3, -0.25) is 0 Å². The van der Waals surface area contributed by atoms with Crippen LogP contribution in [0.15, 0.2) is 0 Å². The van der Waals surface area contributed by atoms with E-state index in [0.29, 0.717) is 0 Å². The fourth-order valence-corrected chi connectivity index (χ4v) is 0. The third-order valence-corrected chi connectivity index (χ3v) is 0. The molecule has 0 unspecified atom stereocenters. The van der Waals surface area contributed by atoms with E-state index >= 15 is 0 Å². The molecule has 0 aliphatic heterocycles. The Hall–Kier alpha value is 1.22. The molecule has 0 aromatic heterocycles. The van der Waals surface area contributed by atoms with Gasteiger partial charge in [0.05, 0.1) is 0 Å². The molecule has 0 atom stereocenters. The van der Waals surface area contributed by atoms with Crippen LogP contribution >= 0.6 is 0 Å². The van der Waals surface area contributed by atoms with Crippen LogP contribution in [-0.4, -0.2) is 29.3 Å². The van der Waals surface area contributed by atoms with Gasteiger partial charge < -0.3 is 0 Å². The third-order valence-electron chi connectivity index (χ3n) is 0. The first kappa shape index (κ1) is 6.22. The van der Waals surface area contributed by atoms with Crippen molar-refractivity contribution in [1.82, 2.24) is 0 Å². The van der Waals surface area contributed by atoms with Crippen molar-refractivity contribution in [2.75, 3.05) is 0 Å². The molecule has 0 aliphatic carbocycles. The molecule has 0 fully saturated rings. The van der Waals surface area contributed by atoms with Crippen molar-refractivity contribution in [3.8, 4) is 0 Å². The Balaban J connectivity index is 3.47. The fourth-order valence-electron chi connectivity index (χ4n) is 0. The van der Waals surface area contributed by atoms with E-state index in [1.54, 1.807) is 0 Å². The molecule has 0 saturated carbocycles. The summed E-state index contributed by atoms with van der Waals surface area (Å²) in [7, 11) is 0. The van der Waals surface area contributed by atoms with Crippen molar-refractivity contribution < 1.29 is 10.2 Å². The Morgan fingerprint density at radius 3 is 1.20 bits per heavy atom. The van der Waals surface area contributed by atoms with Crippen molar-refractivity contribution in [2.24, 2.45) is 0 Å². The van der Waals surface area contributed by atoms with E-state index in [2.05, 4.69) is 0 Å². The maximum atomic E-state index is 9.14. The average molecular weight is 249 g/mol. The van der Waals surface area contributed by atoms with Gasteiger partial charge in [0.15, 0.2) is 0 Å². The van der Waals surface area contributed by atoms with Crippen LogP contribution in [0.5, 0.6) is 0 Å². The Morgan fingerprint density at radius 2 is 1.20 bits per heavy atom. The van der Waals surface area contributed by atoms with Gasteiger partial charge in [-0.05, 0) is 0 Å². The minimum atomic E-state index is -4.97. The van der Waals surface area contributed by atoms with Gasteiger partial charge in [0, 0.05) is 0 Å². The summed E-state index contributed by atoms with van der Waals surface area (Å²) < 4.78 is 27.4. The first-order valence-electron chi connectivity index (χ1n) is 0.730. The van der Waals surface area contributed by atoms with Gasteiger partial charge in [-0.15, -0.1) is 0 Å². The number of rotatable bonds is 0. The van der Waals surface area contributed by atoms with E-state index in [1.807, 2.05) is 0 Å². The van der Waals surface area contributed by atoms with Gasteiger partial charge in [-0.2, -0.15) is 0 Å². The molecule has 0 N–H and O–H groups in total. The molecule has 5 heavy (non-hydrogen) atoms. The van der Waals surface area contributed by atoms with E-state index in [0.717, 1.165) is 0 Å². The molecular weight excluding hydrogens is 249 g/mol.